The van der Waals surface area contributed by atoms with Crippen molar-refractivity contribution < 1.29 is 29.7 Å². The third-order valence-corrected chi connectivity index (χ3v) is 13.4. The molecule has 6 nitrogen and oxygen atoms in total. The van der Waals surface area contributed by atoms with Gasteiger partial charge in [-0.05, 0) is 19.3 Å². The Morgan fingerprint density at radius 3 is 0.705 bits per heavy atom. The highest BCUT2D eigenvalue weighted by atomic mass is 16.4. The number of Topliss-reactive ketones (excluding diaryl/α,β-unsaturated/α-hetero) is 3. The Morgan fingerprint density at radius 2 is 0.492 bits per heavy atom. The number of carbonyl (C=O) groups excluding carboxylic acids is 3. The second-order valence-electron chi connectivity index (χ2n) is 19.4. The predicted octanol–water partition coefficient (Wildman–Crippen LogP) is 16.2. The lowest BCUT2D eigenvalue weighted by Gasteiger charge is -2.32. The van der Waals surface area contributed by atoms with Crippen LogP contribution in [-0.2, 0) is 14.4 Å². The summed E-state index contributed by atoms with van der Waals surface area (Å²) in [5, 5.41) is 33.9. The van der Waals surface area contributed by atoms with Gasteiger partial charge in [0.05, 0.1) is 0 Å². The van der Waals surface area contributed by atoms with E-state index in [0.717, 1.165) is 57.8 Å². The molecule has 0 fully saturated rings. The average Bonchev–Trinajstić information content (AvgIpc) is 3.26. The molecule has 3 N–H and O–H groups in total. The lowest BCUT2D eigenvalue weighted by molar-refractivity contribution is -0.174. The quantitative estimate of drug-likeness (QED) is 0.0415. The van der Waals surface area contributed by atoms with Gasteiger partial charge in [-0.3, -0.25) is 14.4 Å². The Morgan fingerprint density at radius 1 is 0.311 bits per heavy atom. The molecule has 0 saturated carbocycles. The van der Waals surface area contributed by atoms with E-state index in [2.05, 4.69) is 20.8 Å². The zero-order chi connectivity index (χ0) is 44.9. The molecule has 0 rings (SSSR count). The summed E-state index contributed by atoms with van der Waals surface area (Å²) < 4.78 is 0. The lowest BCUT2D eigenvalue weighted by atomic mass is 9.79. The Bertz CT molecular complexity index is 918. The van der Waals surface area contributed by atoms with Crippen molar-refractivity contribution in [2.75, 3.05) is 0 Å². The zero-order valence-corrected chi connectivity index (χ0v) is 41.2. The third kappa shape index (κ3) is 34.9. The van der Waals surface area contributed by atoms with E-state index in [1.165, 1.54) is 199 Å². The number of carbonyl (C=O) groups is 3. The minimum Gasteiger partial charge on any atom is -0.386 e. The van der Waals surface area contributed by atoms with Crippen molar-refractivity contribution in [1.82, 2.24) is 0 Å². The van der Waals surface area contributed by atoms with Crippen LogP contribution in [0.4, 0.5) is 0 Å². The van der Waals surface area contributed by atoms with E-state index >= 15 is 0 Å². The molecule has 0 bridgehead atoms. The first-order chi connectivity index (χ1) is 29.8. The van der Waals surface area contributed by atoms with Crippen molar-refractivity contribution in [2.24, 2.45) is 0 Å². The molecule has 0 aromatic carbocycles. The van der Waals surface area contributed by atoms with Crippen LogP contribution in [-0.4, -0.2) is 50.5 Å². The number of rotatable bonds is 51. The summed E-state index contributed by atoms with van der Waals surface area (Å²) in [4.78, 5) is 40.3. The molecule has 0 aromatic rings. The molecule has 0 aliphatic heterocycles. The molecule has 0 aliphatic carbocycles. The zero-order valence-electron chi connectivity index (χ0n) is 41.2. The number of ketones is 3. The lowest BCUT2D eigenvalue weighted by Crippen LogP contribution is -2.61. The number of hydrogen-bond acceptors (Lipinski definition) is 6. The fraction of sp³-hybridized carbons (Fsp3) is 0.945. The Kier molecular flexibility index (Phi) is 44.6. The normalized spacial score (nSPS) is 12.9. The maximum atomic E-state index is 13.6. The van der Waals surface area contributed by atoms with Crippen molar-refractivity contribution in [2.45, 2.75) is 334 Å². The SMILES string of the molecule is CCCCCCCCCCCCCCCCCC(=O)C(O)(C(=O)CCCCCCCCCCCCCCCCC)C(O)C(O)C(=O)CCCCCCCCCCCCCCC. The minimum atomic E-state index is -2.75. The van der Waals surface area contributed by atoms with E-state index in [1.807, 2.05) is 0 Å². The summed E-state index contributed by atoms with van der Waals surface area (Å²) >= 11 is 0. The number of hydrogen-bond donors (Lipinski definition) is 3. The van der Waals surface area contributed by atoms with Gasteiger partial charge in [0.1, 0.15) is 12.2 Å². The second kappa shape index (κ2) is 45.5. The van der Waals surface area contributed by atoms with E-state index in [0.29, 0.717) is 19.3 Å². The Labute approximate surface area is 379 Å². The van der Waals surface area contributed by atoms with Gasteiger partial charge in [0.25, 0.3) is 0 Å². The fourth-order valence-electron chi connectivity index (χ4n) is 9.05. The Balaban J connectivity index is 4.73. The number of aliphatic hydroxyl groups is 3. The third-order valence-electron chi connectivity index (χ3n) is 13.4. The summed E-state index contributed by atoms with van der Waals surface area (Å²) in [6.07, 6.45) is 46.9. The summed E-state index contributed by atoms with van der Waals surface area (Å²) in [5.41, 5.74) is -2.75. The van der Waals surface area contributed by atoms with Gasteiger partial charge >= 0.3 is 0 Å². The maximum Gasteiger partial charge on any atom is 0.210 e. The molecule has 0 aromatic heterocycles. The molecule has 6 heteroatoms. The van der Waals surface area contributed by atoms with Crippen molar-refractivity contribution in [3.8, 4) is 0 Å². The van der Waals surface area contributed by atoms with Crippen LogP contribution in [0.15, 0.2) is 0 Å². The van der Waals surface area contributed by atoms with Crippen molar-refractivity contribution in [1.29, 1.82) is 0 Å². The number of unbranched alkanes of at least 4 members (excludes halogenated alkanes) is 40. The molecule has 61 heavy (non-hydrogen) atoms. The molecule has 2 unspecified atom stereocenters. The molecule has 0 aliphatic rings. The van der Waals surface area contributed by atoms with Crippen LogP contribution in [0, 0.1) is 0 Å². The molecule has 0 heterocycles. The number of aliphatic hydroxyl groups excluding tert-OH is 2. The highest BCUT2D eigenvalue weighted by Gasteiger charge is 2.52. The highest BCUT2D eigenvalue weighted by Crippen LogP contribution is 2.26. The van der Waals surface area contributed by atoms with Gasteiger partial charge in [-0.1, -0.05) is 278 Å². The molecule has 0 radical (unpaired) electrons. The van der Waals surface area contributed by atoms with Crippen molar-refractivity contribution in [3.63, 3.8) is 0 Å². The maximum absolute atomic E-state index is 13.6. The van der Waals surface area contributed by atoms with Gasteiger partial charge in [0.15, 0.2) is 17.3 Å². The first-order valence-electron chi connectivity index (χ1n) is 27.4. The fourth-order valence-corrected chi connectivity index (χ4v) is 9.05. The standard InChI is InChI=1S/C55H106O6/c1-4-7-10-13-16-19-22-25-27-30-33-36-39-42-45-48-51(57)55(61,52(58)49-46-43-40-37-34-31-28-26-23-20-17-14-11-8-5-2)54(60)53(59)50(56)47-44-41-38-35-32-29-24-21-18-15-12-9-6-3/h53-54,59-61H,4-49H2,1-3H3. The summed E-state index contributed by atoms with van der Waals surface area (Å²) in [6.45, 7) is 6.77. The van der Waals surface area contributed by atoms with Gasteiger partial charge in [0, 0.05) is 19.3 Å². The molecule has 0 spiro atoms. The van der Waals surface area contributed by atoms with Crippen molar-refractivity contribution >= 4 is 17.3 Å². The van der Waals surface area contributed by atoms with Crippen LogP contribution in [0.2, 0.25) is 0 Å². The highest BCUT2D eigenvalue weighted by molar-refractivity contribution is 6.11. The Hall–Kier alpha value is -1.11. The van der Waals surface area contributed by atoms with Gasteiger partial charge < -0.3 is 15.3 Å². The van der Waals surface area contributed by atoms with E-state index in [4.69, 9.17) is 0 Å². The van der Waals surface area contributed by atoms with Gasteiger partial charge in [0.2, 0.25) is 5.60 Å². The first-order valence-corrected chi connectivity index (χ1v) is 27.4. The van der Waals surface area contributed by atoms with Crippen LogP contribution in [0.25, 0.3) is 0 Å². The molecule has 362 valence electrons. The molecule has 0 amide bonds. The van der Waals surface area contributed by atoms with E-state index in [9.17, 15) is 29.7 Å². The monoisotopic (exact) mass is 863 g/mol. The van der Waals surface area contributed by atoms with Crippen LogP contribution < -0.4 is 0 Å². The first kappa shape index (κ1) is 59.9. The second-order valence-corrected chi connectivity index (χ2v) is 19.4. The summed E-state index contributed by atoms with van der Waals surface area (Å²) in [7, 11) is 0. The van der Waals surface area contributed by atoms with Gasteiger partial charge in [-0.15, -0.1) is 0 Å². The van der Waals surface area contributed by atoms with Crippen LogP contribution in [0.1, 0.15) is 316 Å². The van der Waals surface area contributed by atoms with E-state index in [1.54, 1.807) is 0 Å². The van der Waals surface area contributed by atoms with E-state index in [-0.39, 0.29) is 19.3 Å². The van der Waals surface area contributed by atoms with E-state index < -0.39 is 35.2 Å². The molecule has 2 atom stereocenters. The molecule has 0 saturated heterocycles. The smallest absolute Gasteiger partial charge is 0.210 e. The summed E-state index contributed by atoms with van der Waals surface area (Å²) in [6, 6.07) is 0. The van der Waals surface area contributed by atoms with Gasteiger partial charge in [-0.2, -0.15) is 0 Å². The largest absolute Gasteiger partial charge is 0.386 e. The van der Waals surface area contributed by atoms with Crippen LogP contribution in [0.3, 0.4) is 0 Å². The average molecular weight is 863 g/mol. The predicted molar refractivity (Wildman–Crippen MR) is 261 cm³/mol. The molecular formula is C55H106O6. The van der Waals surface area contributed by atoms with Gasteiger partial charge in [-0.25, -0.2) is 0 Å². The van der Waals surface area contributed by atoms with Crippen LogP contribution >= 0.6 is 0 Å². The molecular weight excluding hydrogens is 757 g/mol. The van der Waals surface area contributed by atoms with Crippen LogP contribution in [0.5, 0.6) is 0 Å². The van der Waals surface area contributed by atoms with Crippen molar-refractivity contribution in [3.05, 3.63) is 0 Å². The minimum absolute atomic E-state index is 0.0455. The topological polar surface area (TPSA) is 112 Å². The summed E-state index contributed by atoms with van der Waals surface area (Å²) in [5.74, 6) is -2.12.